The van der Waals surface area contributed by atoms with Crippen molar-refractivity contribution >= 4 is 34.8 Å². The van der Waals surface area contributed by atoms with Crippen LogP contribution < -0.4 is 0 Å². The highest BCUT2D eigenvalue weighted by molar-refractivity contribution is 6.31. The first-order valence-corrected chi connectivity index (χ1v) is 14.4. The molecule has 0 unspecified atom stereocenters. The average molecular weight is 574 g/mol. The SMILES string of the molecule is O=C(Cc1ccc([C@H]2CCC[C@H](c3ccc(CC(=O)Cc4ccccc4Cl)nn3)C2)nn1)Cc1ccccc1Cl. The van der Waals surface area contributed by atoms with E-state index in [1.807, 2.05) is 60.7 Å². The smallest absolute Gasteiger partial charge is 0.143 e. The molecular formula is C32H30Cl2N4O2. The van der Waals surface area contributed by atoms with Gasteiger partial charge in [0, 0.05) is 34.7 Å². The van der Waals surface area contributed by atoms with Gasteiger partial charge >= 0.3 is 0 Å². The van der Waals surface area contributed by atoms with E-state index in [0.29, 0.717) is 21.4 Å². The molecule has 0 N–H and O–H groups in total. The second kappa shape index (κ2) is 13.2. The number of ketones is 2. The Kier molecular flexibility index (Phi) is 9.30. The Morgan fingerprint density at radius 3 is 1.45 bits per heavy atom. The van der Waals surface area contributed by atoms with E-state index in [4.69, 9.17) is 23.2 Å². The fraction of sp³-hybridized carbons (Fsp3) is 0.312. The predicted octanol–water partition coefficient (Wildman–Crippen LogP) is 6.72. The summed E-state index contributed by atoms with van der Waals surface area (Å²) >= 11 is 12.4. The molecule has 1 aliphatic rings. The number of aromatic nitrogens is 4. The van der Waals surface area contributed by atoms with Crippen LogP contribution >= 0.6 is 23.2 Å². The number of hydrogen-bond donors (Lipinski definition) is 0. The summed E-state index contributed by atoms with van der Waals surface area (Å²) in [5, 5.41) is 18.9. The summed E-state index contributed by atoms with van der Waals surface area (Å²) in [4.78, 5) is 25.1. The van der Waals surface area contributed by atoms with E-state index in [0.717, 1.165) is 48.2 Å². The largest absolute Gasteiger partial charge is 0.299 e. The Hall–Kier alpha value is -3.48. The first-order chi connectivity index (χ1) is 19.4. The normalized spacial score (nSPS) is 16.9. The molecule has 0 aliphatic heterocycles. The Labute approximate surface area is 244 Å². The van der Waals surface area contributed by atoms with Gasteiger partial charge in [-0.15, -0.1) is 0 Å². The van der Waals surface area contributed by atoms with E-state index in [-0.39, 0.29) is 49.1 Å². The maximum absolute atomic E-state index is 12.5. The lowest BCUT2D eigenvalue weighted by molar-refractivity contribution is -0.118. The van der Waals surface area contributed by atoms with Crippen LogP contribution in [0.1, 0.15) is 71.4 Å². The van der Waals surface area contributed by atoms with Crippen LogP contribution in [0.25, 0.3) is 0 Å². The van der Waals surface area contributed by atoms with Gasteiger partial charge in [0.2, 0.25) is 0 Å². The van der Waals surface area contributed by atoms with Gasteiger partial charge in [-0.25, -0.2) is 0 Å². The number of rotatable bonds is 10. The molecular weight excluding hydrogens is 543 g/mol. The molecule has 40 heavy (non-hydrogen) atoms. The maximum Gasteiger partial charge on any atom is 0.143 e. The molecule has 204 valence electrons. The molecule has 6 nitrogen and oxygen atoms in total. The van der Waals surface area contributed by atoms with Gasteiger partial charge in [0.25, 0.3) is 0 Å². The Morgan fingerprint density at radius 2 is 1.05 bits per heavy atom. The molecule has 8 heteroatoms. The number of nitrogens with zero attached hydrogens (tertiary/aromatic N) is 4. The lowest BCUT2D eigenvalue weighted by Crippen LogP contribution is -2.17. The molecule has 0 radical (unpaired) electrons. The monoisotopic (exact) mass is 572 g/mol. The second-order valence-electron chi connectivity index (χ2n) is 10.4. The van der Waals surface area contributed by atoms with Crippen molar-refractivity contribution in [1.82, 2.24) is 20.4 Å². The quantitative estimate of drug-likeness (QED) is 0.209. The third-order valence-corrected chi connectivity index (χ3v) is 8.18. The molecule has 1 saturated carbocycles. The second-order valence-corrected chi connectivity index (χ2v) is 11.2. The van der Waals surface area contributed by atoms with Crippen LogP contribution in [0.4, 0.5) is 0 Å². The molecule has 4 aromatic rings. The molecule has 0 saturated heterocycles. The predicted molar refractivity (Wildman–Crippen MR) is 156 cm³/mol. The number of carbonyl (C=O) groups is 2. The van der Waals surface area contributed by atoms with E-state index in [2.05, 4.69) is 20.4 Å². The van der Waals surface area contributed by atoms with Crippen molar-refractivity contribution in [2.24, 2.45) is 0 Å². The summed E-state index contributed by atoms with van der Waals surface area (Å²) in [5.74, 6) is 0.663. The van der Waals surface area contributed by atoms with Crippen LogP contribution in [0, 0.1) is 0 Å². The van der Waals surface area contributed by atoms with Crippen molar-refractivity contribution in [3.63, 3.8) is 0 Å². The molecule has 1 fully saturated rings. The Morgan fingerprint density at radius 1 is 0.600 bits per heavy atom. The van der Waals surface area contributed by atoms with Crippen molar-refractivity contribution in [2.75, 3.05) is 0 Å². The minimum Gasteiger partial charge on any atom is -0.299 e. The highest BCUT2D eigenvalue weighted by Crippen LogP contribution is 2.39. The number of benzene rings is 2. The number of carbonyl (C=O) groups excluding carboxylic acids is 2. The zero-order valence-corrected chi connectivity index (χ0v) is 23.6. The van der Waals surface area contributed by atoms with Gasteiger partial charge in [0.05, 0.1) is 35.6 Å². The molecule has 0 spiro atoms. The summed E-state index contributed by atoms with van der Waals surface area (Å²) < 4.78 is 0. The van der Waals surface area contributed by atoms with Crippen LogP contribution in [-0.4, -0.2) is 32.0 Å². The standard InChI is InChI=1S/C32H30Cl2N4O2/c33-29-10-3-1-6-21(29)17-27(39)19-25-12-14-31(37-35-25)23-8-5-9-24(16-23)32-15-13-26(36-38-32)20-28(40)18-22-7-2-4-11-30(22)34/h1-4,6-7,10-15,23-24H,5,8-9,16-20H2/t23-,24-/m0/s1. The van der Waals surface area contributed by atoms with E-state index in [1.54, 1.807) is 12.1 Å². The van der Waals surface area contributed by atoms with Crippen LogP contribution in [-0.2, 0) is 35.3 Å². The minimum absolute atomic E-state index is 0.0560. The van der Waals surface area contributed by atoms with E-state index in [9.17, 15) is 9.59 Å². The van der Waals surface area contributed by atoms with Crippen molar-refractivity contribution in [3.8, 4) is 0 Å². The summed E-state index contributed by atoms with van der Waals surface area (Å²) in [6.45, 7) is 0. The van der Waals surface area contributed by atoms with Gasteiger partial charge in [-0.1, -0.05) is 66.0 Å². The summed E-state index contributed by atoms with van der Waals surface area (Å²) in [6, 6.07) is 22.6. The zero-order chi connectivity index (χ0) is 27.9. The molecule has 2 aromatic carbocycles. The lowest BCUT2D eigenvalue weighted by atomic mass is 9.78. The average Bonchev–Trinajstić information content (AvgIpc) is 2.96. The van der Waals surface area contributed by atoms with Crippen LogP contribution in [0.15, 0.2) is 72.8 Å². The molecule has 2 atom stereocenters. The van der Waals surface area contributed by atoms with Gasteiger partial charge in [0.15, 0.2) is 0 Å². The van der Waals surface area contributed by atoms with E-state index in [1.165, 1.54) is 0 Å². The first-order valence-electron chi connectivity index (χ1n) is 13.6. The fourth-order valence-corrected chi connectivity index (χ4v) is 5.73. The van der Waals surface area contributed by atoms with Crippen molar-refractivity contribution in [1.29, 1.82) is 0 Å². The zero-order valence-electron chi connectivity index (χ0n) is 22.1. The van der Waals surface area contributed by atoms with Gasteiger partial charge in [-0.3, -0.25) is 9.59 Å². The summed E-state index contributed by atoms with van der Waals surface area (Å²) in [6.07, 6.45) is 5.08. The molecule has 5 rings (SSSR count). The van der Waals surface area contributed by atoms with Crippen molar-refractivity contribution < 1.29 is 9.59 Å². The Bertz CT molecular complexity index is 1360. The fourth-order valence-electron chi connectivity index (χ4n) is 5.33. The highest BCUT2D eigenvalue weighted by Gasteiger charge is 2.27. The maximum atomic E-state index is 12.5. The molecule has 0 bridgehead atoms. The number of Topliss-reactive ketones (excluding diaryl/α,β-unsaturated/α-hetero) is 2. The van der Waals surface area contributed by atoms with Crippen molar-refractivity contribution in [3.05, 3.63) is 117 Å². The van der Waals surface area contributed by atoms with E-state index < -0.39 is 0 Å². The summed E-state index contributed by atoms with van der Waals surface area (Å²) in [7, 11) is 0. The topological polar surface area (TPSA) is 85.7 Å². The van der Waals surface area contributed by atoms with Crippen LogP contribution in [0.2, 0.25) is 10.0 Å². The third kappa shape index (κ3) is 7.38. The number of hydrogen-bond acceptors (Lipinski definition) is 6. The van der Waals surface area contributed by atoms with E-state index >= 15 is 0 Å². The first kappa shape index (κ1) is 28.1. The van der Waals surface area contributed by atoms with Gasteiger partial charge in [0.1, 0.15) is 11.6 Å². The molecule has 2 heterocycles. The minimum atomic E-state index is 0.0560. The lowest BCUT2D eigenvalue weighted by Gasteiger charge is -2.28. The van der Waals surface area contributed by atoms with Crippen molar-refractivity contribution in [2.45, 2.75) is 63.2 Å². The van der Waals surface area contributed by atoms with Gasteiger partial charge in [-0.05, 0) is 66.8 Å². The molecule has 0 amide bonds. The van der Waals surface area contributed by atoms with Gasteiger partial charge in [-0.2, -0.15) is 20.4 Å². The van der Waals surface area contributed by atoms with Crippen LogP contribution in [0.5, 0.6) is 0 Å². The van der Waals surface area contributed by atoms with Crippen LogP contribution in [0.3, 0.4) is 0 Å². The summed E-state index contributed by atoms with van der Waals surface area (Å²) in [5.41, 5.74) is 4.87. The number of halogens is 2. The third-order valence-electron chi connectivity index (χ3n) is 7.44. The Balaban J connectivity index is 1.15. The van der Waals surface area contributed by atoms with Gasteiger partial charge < -0.3 is 0 Å². The molecule has 1 aliphatic carbocycles. The highest BCUT2D eigenvalue weighted by atomic mass is 35.5. The molecule has 2 aromatic heterocycles.